The number of rotatable bonds is 6. The fourth-order valence-corrected chi connectivity index (χ4v) is 2.64. The summed E-state index contributed by atoms with van der Waals surface area (Å²) in [6, 6.07) is 6.22. The second-order valence-corrected chi connectivity index (χ2v) is 6.05. The van der Waals surface area contributed by atoms with E-state index in [0.29, 0.717) is 6.61 Å². The molecule has 4 nitrogen and oxygen atoms in total. The molecule has 0 bridgehead atoms. The molecule has 0 fully saturated rings. The van der Waals surface area contributed by atoms with Gasteiger partial charge in [0.2, 0.25) is 0 Å². The summed E-state index contributed by atoms with van der Waals surface area (Å²) in [4.78, 5) is 0. The molecule has 0 atom stereocenters. The number of nitrogens with one attached hydrogen (secondary N) is 1. The van der Waals surface area contributed by atoms with Gasteiger partial charge in [-0.1, -0.05) is 33.3 Å². The van der Waals surface area contributed by atoms with Crippen molar-refractivity contribution in [3.05, 3.63) is 33.2 Å². The fraction of sp³-hybridized carbons (Fsp3) is 0.385. The third-order valence-electron chi connectivity index (χ3n) is 2.63. The molecule has 0 aliphatic carbocycles. The van der Waals surface area contributed by atoms with Crippen LogP contribution in [0.2, 0.25) is 0 Å². The first kappa shape index (κ1) is 14.6. The third-order valence-corrected chi connectivity index (χ3v) is 4.49. The van der Waals surface area contributed by atoms with Gasteiger partial charge in [0.15, 0.2) is 0 Å². The lowest BCUT2D eigenvalue weighted by atomic mass is 10.1. The normalized spacial score (nSPS) is 10.9. The first-order valence-electron chi connectivity index (χ1n) is 5.99. The Kier molecular flexibility index (Phi) is 5.45. The van der Waals surface area contributed by atoms with Crippen molar-refractivity contribution in [2.45, 2.75) is 13.5 Å². The first-order chi connectivity index (χ1) is 9.20. The van der Waals surface area contributed by atoms with Gasteiger partial charge in [-0.15, -0.1) is 10.2 Å². The van der Waals surface area contributed by atoms with Gasteiger partial charge >= 0.3 is 0 Å². The number of aryl methyl sites for hydroxylation is 1. The lowest BCUT2D eigenvalue weighted by molar-refractivity contribution is 0.199. The van der Waals surface area contributed by atoms with Crippen molar-refractivity contribution in [2.24, 2.45) is 0 Å². The number of nitrogens with zero attached hydrogens (tertiary/aromatic N) is 2. The van der Waals surface area contributed by atoms with Crippen LogP contribution in [0.4, 0.5) is 0 Å². The van der Waals surface area contributed by atoms with Crippen LogP contribution in [0.1, 0.15) is 10.6 Å². The van der Waals surface area contributed by atoms with Gasteiger partial charge in [0, 0.05) is 30.2 Å². The molecule has 0 spiro atoms. The molecule has 0 radical (unpaired) electrons. The van der Waals surface area contributed by atoms with Gasteiger partial charge in [-0.2, -0.15) is 0 Å². The molecule has 1 aromatic carbocycles. The molecule has 102 valence electrons. The monoisotopic (exact) mass is 341 g/mol. The van der Waals surface area contributed by atoms with Gasteiger partial charge in [-0.3, -0.25) is 0 Å². The molecule has 1 heterocycles. The fourth-order valence-electron chi connectivity index (χ4n) is 1.59. The van der Waals surface area contributed by atoms with Gasteiger partial charge in [0.1, 0.15) is 10.0 Å². The lowest BCUT2D eigenvalue weighted by Gasteiger charge is -2.00. The highest BCUT2D eigenvalue weighted by atomic mass is 79.9. The van der Waals surface area contributed by atoms with E-state index in [4.69, 9.17) is 4.74 Å². The standard InChI is InChI=1S/C13H16BrN3OS/c1-9-7-10(3-4-11(9)14)13-17-16-12(19-13)8-15-5-6-18-2/h3-4,7,15H,5-6,8H2,1-2H3. The predicted molar refractivity (Wildman–Crippen MR) is 81.4 cm³/mol. The number of ether oxygens (including phenoxy) is 1. The van der Waals surface area contributed by atoms with Crippen molar-refractivity contribution >= 4 is 27.3 Å². The molecule has 0 unspecified atom stereocenters. The van der Waals surface area contributed by atoms with Crippen molar-refractivity contribution in [3.8, 4) is 10.6 Å². The zero-order valence-electron chi connectivity index (χ0n) is 10.9. The molecule has 0 aliphatic heterocycles. The van der Waals surface area contributed by atoms with E-state index < -0.39 is 0 Å². The number of hydrogen-bond acceptors (Lipinski definition) is 5. The number of halogens is 1. The summed E-state index contributed by atoms with van der Waals surface area (Å²) < 4.78 is 6.09. The van der Waals surface area contributed by atoms with Crippen LogP contribution in [0.15, 0.2) is 22.7 Å². The van der Waals surface area contributed by atoms with E-state index in [1.54, 1.807) is 18.4 Å². The van der Waals surface area contributed by atoms with E-state index in [1.165, 1.54) is 5.56 Å². The van der Waals surface area contributed by atoms with Crippen LogP contribution in [0.5, 0.6) is 0 Å². The van der Waals surface area contributed by atoms with Gasteiger partial charge < -0.3 is 10.1 Å². The van der Waals surface area contributed by atoms with Crippen molar-refractivity contribution in [1.82, 2.24) is 15.5 Å². The van der Waals surface area contributed by atoms with Crippen molar-refractivity contribution < 1.29 is 4.74 Å². The highest BCUT2D eigenvalue weighted by Gasteiger charge is 2.07. The van der Waals surface area contributed by atoms with Crippen LogP contribution in [-0.4, -0.2) is 30.5 Å². The highest BCUT2D eigenvalue weighted by molar-refractivity contribution is 9.10. The molecular weight excluding hydrogens is 326 g/mol. The topological polar surface area (TPSA) is 47.0 Å². The van der Waals surface area contributed by atoms with Crippen LogP contribution in [0, 0.1) is 6.92 Å². The minimum absolute atomic E-state index is 0.706. The summed E-state index contributed by atoms with van der Waals surface area (Å²) >= 11 is 5.12. The molecule has 0 aliphatic rings. The Morgan fingerprint density at radius 1 is 1.37 bits per heavy atom. The van der Waals surface area contributed by atoms with Crippen LogP contribution in [-0.2, 0) is 11.3 Å². The number of benzene rings is 1. The van der Waals surface area contributed by atoms with Crippen molar-refractivity contribution in [3.63, 3.8) is 0 Å². The van der Waals surface area contributed by atoms with Crippen molar-refractivity contribution in [2.75, 3.05) is 20.3 Å². The van der Waals surface area contributed by atoms with Gasteiger partial charge in [0.05, 0.1) is 6.61 Å². The van der Waals surface area contributed by atoms with E-state index in [1.807, 2.05) is 6.07 Å². The van der Waals surface area contributed by atoms with Crippen LogP contribution < -0.4 is 5.32 Å². The second-order valence-electron chi connectivity index (χ2n) is 4.13. The number of aromatic nitrogens is 2. The molecule has 2 aromatic rings. The highest BCUT2D eigenvalue weighted by Crippen LogP contribution is 2.27. The van der Waals surface area contributed by atoms with Crippen LogP contribution in [0.3, 0.4) is 0 Å². The Labute approximate surface area is 125 Å². The molecule has 19 heavy (non-hydrogen) atoms. The molecule has 1 N–H and O–H groups in total. The maximum absolute atomic E-state index is 4.98. The summed E-state index contributed by atoms with van der Waals surface area (Å²) in [5, 5.41) is 13.6. The summed E-state index contributed by atoms with van der Waals surface area (Å²) in [6.45, 7) is 4.33. The average Bonchev–Trinajstić information content (AvgIpc) is 2.87. The zero-order valence-corrected chi connectivity index (χ0v) is 13.3. The smallest absolute Gasteiger partial charge is 0.147 e. The van der Waals surface area contributed by atoms with E-state index in [9.17, 15) is 0 Å². The molecule has 2 rings (SSSR count). The predicted octanol–water partition coefficient (Wildman–Crippen LogP) is 3.01. The second kappa shape index (κ2) is 7.09. The molecular formula is C13H16BrN3OS. The van der Waals surface area contributed by atoms with Gasteiger partial charge in [-0.25, -0.2) is 0 Å². The first-order valence-corrected chi connectivity index (χ1v) is 7.60. The quantitative estimate of drug-likeness (QED) is 0.820. The summed E-state index contributed by atoms with van der Waals surface area (Å²) in [5.74, 6) is 0. The van der Waals surface area contributed by atoms with Gasteiger partial charge in [-0.05, 0) is 24.6 Å². The van der Waals surface area contributed by atoms with Gasteiger partial charge in [0.25, 0.3) is 0 Å². The Bertz CT molecular complexity index is 544. The lowest BCUT2D eigenvalue weighted by Crippen LogP contribution is -2.18. The molecule has 1 aromatic heterocycles. The summed E-state index contributed by atoms with van der Waals surface area (Å²) in [7, 11) is 1.70. The third kappa shape index (κ3) is 4.07. The Balaban J connectivity index is 2.01. The summed E-state index contributed by atoms with van der Waals surface area (Å²) in [6.07, 6.45) is 0. The van der Waals surface area contributed by atoms with E-state index in [2.05, 4.69) is 50.5 Å². The van der Waals surface area contributed by atoms with Crippen LogP contribution in [0.25, 0.3) is 10.6 Å². The van der Waals surface area contributed by atoms with E-state index >= 15 is 0 Å². The number of hydrogen-bond donors (Lipinski definition) is 1. The summed E-state index contributed by atoms with van der Waals surface area (Å²) in [5.41, 5.74) is 2.31. The van der Waals surface area contributed by atoms with E-state index in [0.717, 1.165) is 33.1 Å². The minimum Gasteiger partial charge on any atom is -0.383 e. The minimum atomic E-state index is 0.706. The van der Waals surface area contributed by atoms with Crippen molar-refractivity contribution in [1.29, 1.82) is 0 Å². The SMILES string of the molecule is COCCNCc1nnc(-c2ccc(Br)c(C)c2)s1. The Morgan fingerprint density at radius 2 is 2.21 bits per heavy atom. The largest absolute Gasteiger partial charge is 0.383 e. The Morgan fingerprint density at radius 3 is 2.95 bits per heavy atom. The molecule has 0 amide bonds. The van der Waals surface area contributed by atoms with Crippen LogP contribution >= 0.6 is 27.3 Å². The zero-order chi connectivity index (χ0) is 13.7. The average molecular weight is 342 g/mol. The molecule has 0 saturated heterocycles. The maximum Gasteiger partial charge on any atom is 0.147 e. The Hall–Kier alpha value is -0.820. The maximum atomic E-state index is 4.98. The number of methoxy groups -OCH3 is 1. The molecule has 0 saturated carbocycles. The van der Waals surface area contributed by atoms with E-state index in [-0.39, 0.29) is 0 Å². The molecule has 6 heteroatoms.